The summed E-state index contributed by atoms with van der Waals surface area (Å²) in [7, 11) is -3.84. The number of benzene rings is 2. The molecule has 0 heterocycles. The van der Waals surface area contributed by atoms with Crippen molar-refractivity contribution >= 4 is 43.2 Å². The number of hydrogen-bond donors (Lipinski definition) is 1. The van der Waals surface area contributed by atoms with E-state index in [9.17, 15) is 12.8 Å². The highest BCUT2D eigenvalue weighted by molar-refractivity contribution is 9.10. The van der Waals surface area contributed by atoms with Gasteiger partial charge in [-0.1, -0.05) is 33.6 Å². The Labute approximate surface area is 136 Å². The lowest BCUT2D eigenvalue weighted by atomic mass is 10.2. The molecule has 2 aromatic carbocycles. The first-order valence-electron chi connectivity index (χ1n) is 5.96. The molecule has 0 bridgehead atoms. The van der Waals surface area contributed by atoms with Gasteiger partial charge >= 0.3 is 0 Å². The summed E-state index contributed by atoms with van der Waals surface area (Å²) in [6, 6.07) is 7.02. The van der Waals surface area contributed by atoms with Crippen LogP contribution in [0.25, 0.3) is 0 Å². The lowest BCUT2D eigenvalue weighted by molar-refractivity contribution is 0.601. The summed E-state index contributed by atoms with van der Waals surface area (Å²) < 4.78 is 41.3. The molecule has 0 aliphatic rings. The number of sulfonamides is 1. The Balaban J connectivity index is 2.46. The first-order chi connectivity index (χ1) is 9.72. The molecule has 0 spiro atoms. The molecule has 0 aliphatic heterocycles. The second-order valence-corrected chi connectivity index (χ2v) is 7.43. The van der Waals surface area contributed by atoms with Crippen LogP contribution < -0.4 is 4.72 Å². The van der Waals surface area contributed by atoms with Gasteiger partial charge in [0.05, 0.1) is 10.6 Å². The van der Waals surface area contributed by atoms with Crippen LogP contribution in [0.3, 0.4) is 0 Å². The Bertz CT molecular complexity index is 786. The minimum atomic E-state index is -3.84. The van der Waals surface area contributed by atoms with Gasteiger partial charge in [-0.05, 0) is 49.2 Å². The van der Waals surface area contributed by atoms with Crippen molar-refractivity contribution in [1.29, 1.82) is 0 Å². The van der Waals surface area contributed by atoms with Gasteiger partial charge in [-0.25, -0.2) is 12.8 Å². The van der Waals surface area contributed by atoms with Gasteiger partial charge in [0, 0.05) is 4.47 Å². The third-order valence-electron chi connectivity index (χ3n) is 2.92. The van der Waals surface area contributed by atoms with Gasteiger partial charge in [-0.15, -0.1) is 0 Å². The molecule has 0 saturated heterocycles. The van der Waals surface area contributed by atoms with Crippen molar-refractivity contribution in [3.8, 4) is 0 Å². The zero-order valence-electron chi connectivity index (χ0n) is 11.2. The molecule has 112 valence electrons. The van der Waals surface area contributed by atoms with Crippen LogP contribution >= 0.6 is 27.5 Å². The van der Waals surface area contributed by atoms with Crippen molar-refractivity contribution in [2.75, 3.05) is 4.72 Å². The number of hydrogen-bond acceptors (Lipinski definition) is 2. The van der Waals surface area contributed by atoms with E-state index in [-0.39, 0.29) is 15.6 Å². The molecule has 0 aromatic heterocycles. The first kappa shape index (κ1) is 16.3. The minimum Gasteiger partial charge on any atom is -0.278 e. The van der Waals surface area contributed by atoms with Crippen LogP contribution in [0.1, 0.15) is 11.1 Å². The number of halogens is 3. The van der Waals surface area contributed by atoms with Crippen molar-refractivity contribution in [2.45, 2.75) is 18.7 Å². The normalized spacial score (nSPS) is 11.5. The highest BCUT2D eigenvalue weighted by atomic mass is 79.9. The van der Waals surface area contributed by atoms with Gasteiger partial charge in [-0.2, -0.15) is 0 Å². The molecule has 1 N–H and O–H groups in total. The predicted molar refractivity (Wildman–Crippen MR) is 85.8 cm³/mol. The zero-order valence-corrected chi connectivity index (χ0v) is 14.4. The maximum Gasteiger partial charge on any atom is 0.261 e. The molecule has 3 nitrogen and oxygen atoms in total. The summed E-state index contributed by atoms with van der Waals surface area (Å²) in [6.45, 7) is 3.59. The van der Waals surface area contributed by atoms with Crippen LogP contribution in [0.5, 0.6) is 0 Å². The topological polar surface area (TPSA) is 46.2 Å². The summed E-state index contributed by atoms with van der Waals surface area (Å²) in [4.78, 5) is 0.0982. The number of aryl methyl sites for hydroxylation is 2. The Hall–Kier alpha value is -1.11. The molecule has 2 rings (SSSR count). The van der Waals surface area contributed by atoms with Crippen molar-refractivity contribution < 1.29 is 12.8 Å². The summed E-state index contributed by atoms with van der Waals surface area (Å²) in [5.74, 6) is -0.681. The highest BCUT2D eigenvalue weighted by Gasteiger charge is 2.18. The van der Waals surface area contributed by atoms with E-state index < -0.39 is 15.8 Å². The molecule has 0 atom stereocenters. The molecule has 0 saturated carbocycles. The van der Waals surface area contributed by atoms with Crippen molar-refractivity contribution in [3.63, 3.8) is 0 Å². The van der Waals surface area contributed by atoms with E-state index in [1.165, 1.54) is 24.3 Å². The van der Waals surface area contributed by atoms with Crippen LogP contribution in [0.2, 0.25) is 5.02 Å². The van der Waals surface area contributed by atoms with E-state index in [0.29, 0.717) is 0 Å². The maximum absolute atomic E-state index is 13.4. The van der Waals surface area contributed by atoms with E-state index in [4.69, 9.17) is 11.6 Å². The van der Waals surface area contributed by atoms with Crippen LogP contribution in [0, 0.1) is 19.7 Å². The van der Waals surface area contributed by atoms with Crippen LogP contribution in [-0.2, 0) is 10.0 Å². The maximum atomic E-state index is 13.4. The van der Waals surface area contributed by atoms with Gasteiger partial charge in [0.15, 0.2) is 0 Å². The fraction of sp³-hybridized carbons (Fsp3) is 0.143. The molecule has 0 fully saturated rings. The van der Waals surface area contributed by atoms with E-state index >= 15 is 0 Å². The molecule has 7 heteroatoms. The monoisotopic (exact) mass is 391 g/mol. The second-order valence-electron chi connectivity index (χ2n) is 4.58. The first-order valence-corrected chi connectivity index (χ1v) is 8.61. The van der Waals surface area contributed by atoms with Crippen LogP contribution in [0.4, 0.5) is 10.1 Å². The van der Waals surface area contributed by atoms with Crippen LogP contribution in [0.15, 0.2) is 39.7 Å². The molecule has 21 heavy (non-hydrogen) atoms. The third-order valence-corrected chi connectivity index (χ3v) is 5.90. The van der Waals surface area contributed by atoms with Gasteiger partial charge in [0.2, 0.25) is 0 Å². The molecule has 0 amide bonds. The average molecular weight is 393 g/mol. The van der Waals surface area contributed by atoms with Gasteiger partial charge in [0.25, 0.3) is 10.0 Å². The molecule has 0 unspecified atom stereocenters. The lowest BCUT2D eigenvalue weighted by Crippen LogP contribution is -2.14. The predicted octanol–water partition coefficient (Wildman–Crippen LogP) is 4.66. The summed E-state index contributed by atoms with van der Waals surface area (Å²) in [6.07, 6.45) is 0. The fourth-order valence-corrected chi connectivity index (χ4v) is 3.55. The molecule has 0 aliphatic carbocycles. The number of anilines is 1. The Morgan fingerprint density at radius 3 is 2.33 bits per heavy atom. The molecular formula is C14H12BrClFNO2S. The van der Waals surface area contributed by atoms with E-state index in [0.717, 1.165) is 21.7 Å². The summed E-state index contributed by atoms with van der Waals surface area (Å²) >= 11 is 9.15. The SMILES string of the molecule is Cc1cc(S(=O)(=O)Nc2cccc(F)c2Cl)cc(C)c1Br. The number of nitrogens with one attached hydrogen (secondary N) is 1. The van der Waals surface area contributed by atoms with E-state index in [1.807, 2.05) is 0 Å². The summed E-state index contributed by atoms with van der Waals surface area (Å²) in [5, 5.41) is -0.258. The second kappa shape index (κ2) is 5.94. The van der Waals surface area contributed by atoms with Crippen molar-refractivity contribution in [1.82, 2.24) is 0 Å². The Kier molecular flexibility index (Phi) is 4.60. The van der Waals surface area contributed by atoms with Gasteiger partial charge in [0.1, 0.15) is 10.8 Å². The zero-order chi connectivity index (χ0) is 15.8. The van der Waals surface area contributed by atoms with E-state index in [2.05, 4.69) is 20.7 Å². The van der Waals surface area contributed by atoms with Crippen LogP contribution in [-0.4, -0.2) is 8.42 Å². The standard InChI is InChI=1S/C14H12BrClFNO2S/c1-8-6-10(7-9(2)13(8)15)21(19,20)18-12-5-3-4-11(17)14(12)16/h3-7,18H,1-2H3. The van der Waals surface area contributed by atoms with Gasteiger partial charge < -0.3 is 0 Å². The highest BCUT2D eigenvalue weighted by Crippen LogP contribution is 2.29. The molecular weight excluding hydrogens is 381 g/mol. The smallest absolute Gasteiger partial charge is 0.261 e. The number of rotatable bonds is 3. The lowest BCUT2D eigenvalue weighted by Gasteiger charge is -2.12. The van der Waals surface area contributed by atoms with Crippen molar-refractivity contribution in [3.05, 3.63) is 56.8 Å². The Morgan fingerprint density at radius 2 is 1.76 bits per heavy atom. The largest absolute Gasteiger partial charge is 0.278 e. The summed E-state index contributed by atoms with van der Waals surface area (Å²) in [5.41, 5.74) is 1.59. The Morgan fingerprint density at radius 1 is 1.19 bits per heavy atom. The quantitative estimate of drug-likeness (QED) is 0.826. The minimum absolute atomic E-state index is 0.00916. The molecule has 2 aromatic rings. The average Bonchev–Trinajstić information content (AvgIpc) is 2.40. The van der Waals surface area contributed by atoms with E-state index in [1.54, 1.807) is 13.8 Å². The van der Waals surface area contributed by atoms with Gasteiger partial charge in [-0.3, -0.25) is 4.72 Å². The fourth-order valence-electron chi connectivity index (χ4n) is 1.85. The van der Waals surface area contributed by atoms with Crippen molar-refractivity contribution in [2.24, 2.45) is 0 Å². The third kappa shape index (κ3) is 3.39. The molecule has 0 radical (unpaired) electrons.